The van der Waals surface area contributed by atoms with Crippen LogP contribution in [-0.4, -0.2) is 27.6 Å². The molecule has 0 radical (unpaired) electrons. The van der Waals surface area contributed by atoms with E-state index in [9.17, 15) is 0 Å². The molecule has 22 heavy (non-hydrogen) atoms. The van der Waals surface area contributed by atoms with Crippen molar-refractivity contribution in [3.63, 3.8) is 0 Å². The molecule has 0 N–H and O–H groups in total. The third kappa shape index (κ3) is 3.55. The van der Waals surface area contributed by atoms with Crippen LogP contribution in [0.15, 0.2) is 28.8 Å². The molecule has 1 aromatic carbocycles. The zero-order chi connectivity index (χ0) is 15.4. The number of hydrogen-bond donors (Lipinski definition) is 0. The Balaban J connectivity index is 1.68. The average Bonchev–Trinajstić information content (AvgIpc) is 3.03. The Hall–Kier alpha value is -1.68. The second-order valence-electron chi connectivity index (χ2n) is 6.23. The molecule has 2 aromatic rings. The van der Waals surface area contributed by atoms with Gasteiger partial charge >= 0.3 is 0 Å². The van der Waals surface area contributed by atoms with Gasteiger partial charge in [0.25, 0.3) is 0 Å². The summed E-state index contributed by atoms with van der Waals surface area (Å²) in [5, 5.41) is 4.14. The summed E-state index contributed by atoms with van der Waals surface area (Å²) in [6, 6.07) is 8.91. The molecule has 0 unspecified atom stereocenters. The van der Waals surface area contributed by atoms with Crippen molar-refractivity contribution in [3.8, 4) is 11.4 Å². The molecule has 0 spiro atoms. The molecule has 4 heteroatoms. The SMILES string of the molecule is CCN(Cc1nc(-c2ccc(C)cc2)no1)C1CCCCC1. The van der Waals surface area contributed by atoms with Crippen molar-refractivity contribution in [3.05, 3.63) is 35.7 Å². The van der Waals surface area contributed by atoms with E-state index in [4.69, 9.17) is 4.52 Å². The highest BCUT2D eigenvalue weighted by Crippen LogP contribution is 2.24. The topological polar surface area (TPSA) is 42.2 Å². The van der Waals surface area contributed by atoms with Crippen LogP contribution in [0, 0.1) is 6.92 Å². The molecular weight excluding hydrogens is 274 g/mol. The second kappa shape index (κ2) is 7.05. The van der Waals surface area contributed by atoms with Crippen molar-refractivity contribution in [2.24, 2.45) is 0 Å². The number of rotatable bonds is 5. The van der Waals surface area contributed by atoms with Gasteiger partial charge in [0.1, 0.15) is 0 Å². The van der Waals surface area contributed by atoms with Gasteiger partial charge < -0.3 is 4.52 Å². The van der Waals surface area contributed by atoms with Gasteiger partial charge in [-0.3, -0.25) is 4.90 Å². The summed E-state index contributed by atoms with van der Waals surface area (Å²) < 4.78 is 5.47. The molecule has 1 aromatic heterocycles. The lowest BCUT2D eigenvalue weighted by atomic mass is 9.94. The van der Waals surface area contributed by atoms with Crippen LogP contribution < -0.4 is 0 Å². The van der Waals surface area contributed by atoms with Crippen molar-refractivity contribution in [2.45, 2.75) is 58.5 Å². The van der Waals surface area contributed by atoms with Crippen LogP contribution in [0.4, 0.5) is 0 Å². The number of hydrogen-bond acceptors (Lipinski definition) is 4. The molecule has 0 bridgehead atoms. The van der Waals surface area contributed by atoms with Gasteiger partial charge in [0.2, 0.25) is 11.7 Å². The van der Waals surface area contributed by atoms with Gasteiger partial charge in [0.15, 0.2) is 0 Å². The molecule has 1 aliphatic rings. The average molecular weight is 299 g/mol. The number of aryl methyl sites for hydroxylation is 1. The van der Waals surface area contributed by atoms with Gasteiger partial charge in [-0.2, -0.15) is 4.98 Å². The number of aromatic nitrogens is 2. The first-order chi connectivity index (χ1) is 10.8. The lowest BCUT2D eigenvalue weighted by Crippen LogP contribution is -2.36. The number of nitrogens with zero attached hydrogens (tertiary/aromatic N) is 3. The van der Waals surface area contributed by atoms with E-state index in [0.717, 1.165) is 24.5 Å². The monoisotopic (exact) mass is 299 g/mol. The molecule has 118 valence electrons. The quantitative estimate of drug-likeness (QED) is 0.830. The summed E-state index contributed by atoms with van der Waals surface area (Å²) in [5.74, 6) is 1.41. The molecule has 0 aliphatic heterocycles. The highest BCUT2D eigenvalue weighted by atomic mass is 16.5. The molecule has 1 heterocycles. The van der Waals surface area contributed by atoms with Gasteiger partial charge in [-0.15, -0.1) is 0 Å². The number of benzene rings is 1. The fourth-order valence-electron chi connectivity index (χ4n) is 3.26. The summed E-state index contributed by atoms with van der Waals surface area (Å²) in [6.45, 7) is 6.09. The van der Waals surface area contributed by atoms with Gasteiger partial charge in [-0.05, 0) is 26.3 Å². The Morgan fingerprint density at radius 2 is 1.86 bits per heavy atom. The summed E-state index contributed by atoms with van der Waals surface area (Å²) in [7, 11) is 0. The van der Waals surface area contributed by atoms with E-state index in [-0.39, 0.29) is 0 Å². The largest absolute Gasteiger partial charge is 0.338 e. The maximum Gasteiger partial charge on any atom is 0.241 e. The van der Waals surface area contributed by atoms with Crippen LogP contribution >= 0.6 is 0 Å². The van der Waals surface area contributed by atoms with E-state index in [1.807, 2.05) is 12.1 Å². The van der Waals surface area contributed by atoms with Crippen molar-refractivity contribution in [1.29, 1.82) is 0 Å². The molecule has 1 saturated carbocycles. The molecule has 0 amide bonds. The fourth-order valence-corrected chi connectivity index (χ4v) is 3.26. The third-order valence-electron chi connectivity index (χ3n) is 4.61. The van der Waals surface area contributed by atoms with Crippen molar-refractivity contribution in [2.75, 3.05) is 6.54 Å². The van der Waals surface area contributed by atoms with Crippen LogP contribution in [0.5, 0.6) is 0 Å². The zero-order valence-electron chi connectivity index (χ0n) is 13.6. The molecule has 0 saturated heterocycles. The van der Waals surface area contributed by atoms with E-state index in [1.165, 1.54) is 37.7 Å². The molecule has 1 fully saturated rings. The highest BCUT2D eigenvalue weighted by molar-refractivity contribution is 5.54. The summed E-state index contributed by atoms with van der Waals surface area (Å²) in [5.41, 5.74) is 2.25. The summed E-state index contributed by atoms with van der Waals surface area (Å²) in [6.07, 6.45) is 6.67. The fraction of sp³-hybridized carbons (Fsp3) is 0.556. The van der Waals surface area contributed by atoms with Crippen LogP contribution in [0.25, 0.3) is 11.4 Å². The summed E-state index contributed by atoms with van der Waals surface area (Å²) >= 11 is 0. The standard InChI is InChI=1S/C18H25N3O/c1-3-21(16-7-5-4-6-8-16)13-17-19-18(20-22-17)15-11-9-14(2)10-12-15/h9-12,16H,3-8,13H2,1-2H3. The Morgan fingerprint density at radius 1 is 1.14 bits per heavy atom. The van der Waals surface area contributed by atoms with E-state index in [2.05, 4.69) is 41.0 Å². The lowest BCUT2D eigenvalue weighted by Gasteiger charge is -2.32. The van der Waals surface area contributed by atoms with Gasteiger partial charge in [-0.1, -0.05) is 61.2 Å². The third-order valence-corrected chi connectivity index (χ3v) is 4.61. The molecule has 3 rings (SSSR count). The van der Waals surface area contributed by atoms with Crippen molar-refractivity contribution < 1.29 is 4.52 Å². The predicted octanol–water partition coefficient (Wildman–Crippen LogP) is 4.20. The van der Waals surface area contributed by atoms with Gasteiger partial charge in [-0.25, -0.2) is 0 Å². The molecule has 4 nitrogen and oxygen atoms in total. The Labute approximate surface area is 132 Å². The maximum absolute atomic E-state index is 5.47. The predicted molar refractivity (Wildman–Crippen MR) is 87.4 cm³/mol. The lowest BCUT2D eigenvalue weighted by molar-refractivity contribution is 0.139. The minimum atomic E-state index is 0.675. The van der Waals surface area contributed by atoms with Crippen LogP contribution in [0.1, 0.15) is 50.5 Å². The minimum Gasteiger partial charge on any atom is -0.338 e. The van der Waals surface area contributed by atoms with E-state index >= 15 is 0 Å². The van der Waals surface area contributed by atoms with Crippen molar-refractivity contribution >= 4 is 0 Å². The normalized spacial score (nSPS) is 16.3. The first-order valence-corrected chi connectivity index (χ1v) is 8.40. The van der Waals surface area contributed by atoms with E-state index < -0.39 is 0 Å². The second-order valence-corrected chi connectivity index (χ2v) is 6.23. The minimum absolute atomic E-state index is 0.675. The van der Waals surface area contributed by atoms with Gasteiger partial charge in [0, 0.05) is 11.6 Å². The molecule has 1 aliphatic carbocycles. The Morgan fingerprint density at radius 3 is 2.55 bits per heavy atom. The van der Waals surface area contributed by atoms with Crippen LogP contribution in [0.2, 0.25) is 0 Å². The smallest absolute Gasteiger partial charge is 0.241 e. The van der Waals surface area contributed by atoms with Gasteiger partial charge in [0.05, 0.1) is 6.54 Å². The summed E-state index contributed by atoms with van der Waals surface area (Å²) in [4.78, 5) is 7.05. The maximum atomic E-state index is 5.47. The Bertz CT molecular complexity index is 585. The molecular formula is C18H25N3O. The van der Waals surface area contributed by atoms with E-state index in [0.29, 0.717) is 11.9 Å². The Kier molecular flexibility index (Phi) is 4.88. The molecule has 0 atom stereocenters. The zero-order valence-corrected chi connectivity index (χ0v) is 13.6. The van der Waals surface area contributed by atoms with Crippen LogP contribution in [0.3, 0.4) is 0 Å². The van der Waals surface area contributed by atoms with E-state index in [1.54, 1.807) is 0 Å². The van der Waals surface area contributed by atoms with Crippen molar-refractivity contribution in [1.82, 2.24) is 15.0 Å². The first-order valence-electron chi connectivity index (χ1n) is 8.40. The first kappa shape index (κ1) is 15.2. The highest BCUT2D eigenvalue weighted by Gasteiger charge is 2.22. The van der Waals surface area contributed by atoms with Crippen LogP contribution in [-0.2, 0) is 6.54 Å².